The predicted molar refractivity (Wildman–Crippen MR) is 175 cm³/mol. The number of benzene rings is 2. The van der Waals surface area contributed by atoms with Gasteiger partial charge in [-0.3, -0.25) is 9.69 Å². The summed E-state index contributed by atoms with van der Waals surface area (Å²) in [5.41, 5.74) is 1.72. The van der Waals surface area contributed by atoms with Gasteiger partial charge in [0.25, 0.3) is 0 Å². The van der Waals surface area contributed by atoms with Crippen molar-refractivity contribution in [1.29, 1.82) is 0 Å². The van der Waals surface area contributed by atoms with Crippen LogP contribution in [0.5, 0.6) is 11.5 Å². The molecule has 7 aliphatic rings. The van der Waals surface area contributed by atoms with Crippen LogP contribution in [0.15, 0.2) is 54.6 Å². The number of amides is 1. The number of phenolic OH excluding ortho intramolecular Hbond substituents is 1. The molecule has 6 heteroatoms. The summed E-state index contributed by atoms with van der Waals surface area (Å²) in [7, 11) is 0. The molecule has 2 aromatic carbocycles. The molecule has 6 nitrogen and oxygen atoms in total. The minimum Gasteiger partial charge on any atom is -0.504 e. The third kappa shape index (κ3) is 4.68. The maximum absolute atomic E-state index is 13.9. The molecule has 0 unspecified atom stereocenters. The number of hydrogen-bond acceptors (Lipinski definition) is 5. The number of phenols is 1. The number of carbonyl (C=O) groups is 1. The van der Waals surface area contributed by atoms with Crippen LogP contribution in [-0.4, -0.2) is 58.4 Å². The van der Waals surface area contributed by atoms with Crippen LogP contribution in [0.2, 0.25) is 0 Å². The second kappa shape index (κ2) is 11.5. The van der Waals surface area contributed by atoms with E-state index < -0.39 is 23.0 Å². The Morgan fingerprint density at radius 3 is 2.49 bits per heavy atom. The van der Waals surface area contributed by atoms with Gasteiger partial charge in [0.15, 0.2) is 11.5 Å². The van der Waals surface area contributed by atoms with Gasteiger partial charge in [0.2, 0.25) is 5.91 Å². The number of hydrogen-bond donors (Lipinski definition) is 3. The number of nitrogens with one attached hydrogen (secondary N) is 1. The summed E-state index contributed by atoms with van der Waals surface area (Å²) in [6.07, 6.45) is 19.6. The normalized spacial score (nSPS) is 33.6. The largest absolute Gasteiger partial charge is 0.504 e. The first-order valence-corrected chi connectivity index (χ1v) is 18.0. The molecule has 240 valence electrons. The summed E-state index contributed by atoms with van der Waals surface area (Å²) < 4.78 is 6.63. The van der Waals surface area contributed by atoms with Gasteiger partial charge in [-0.05, 0) is 81.0 Å². The van der Waals surface area contributed by atoms with E-state index in [1.165, 1.54) is 68.9 Å². The second-order valence-corrected chi connectivity index (χ2v) is 15.2. The molecule has 45 heavy (non-hydrogen) atoms. The predicted octanol–water partition coefficient (Wildman–Crippen LogP) is 6.22. The summed E-state index contributed by atoms with van der Waals surface area (Å²) in [6.45, 7) is 2.75. The Morgan fingerprint density at radius 1 is 0.956 bits per heavy atom. The molecular weight excluding hydrogens is 560 g/mol. The fourth-order valence-electron chi connectivity index (χ4n) is 10.3. The number of nitrogens with zero attached hydrogens (tertiary/aromatic N) is 1. The lowest BCUT2D eigenvalue weighted by Crippen LogP contribution is -2.80. The number of piperidine rings is 1. The van der Waals surface area contributed by atoms with Crippen molar-refractivity contribution in [3.63, 3.8) is 0 Å². The third-order valence-corrected chi connectivity index (χ3v) is 12.6. The highest BCUT2D eigenvalue weighted by Crippen LogP contribution is 2.74. The third-order valence-electron chi connectivity index (χ3n) is 12.6. The minimum absolute atomic E-state index is 0.0455. The van der Waals surface area contributed by atoms with Crippen molar-refractivity contribution < 1.29 is 19.7 Å². The van der Waals surface area contributed by atoms with Crippen molar-refractivity contribution in [2.45, 2.75) is 113 Å². The maximum atomic E-state index is 13.9. The maximum Gasteiger partial charge on any atom is 0.226 e. The SMILES string of the molecule is O=C(NCCCCCCCCCCc1ccccc1)[C@H]1C[C@@]23C=C[C@@]1(O)[C@@H]1Oc4c(O)ccc5c4[C@@]12CCN(CC1CC1)[C@@H]3C5. The van der Waals surface area contributed by atoms with Crippen molar-refractivity contribution in [3.05, 3.63) is 71.3 Å². The molecule has 3 N–H and O–H groups in total. The standard InChI is InChI=1S/C39H50N2O4/c42-31-18-17-29-24-32-37-19-20-39(44,36-38(37,33(29)34(31)45-36)21-23-41(32)26-28-15-16-28)30(25-37)35(43)40-22-11-6-4-2-1-3-5-8-12-27-13-9-7-10-14-27/h7,9-10,13-14,17-20,28,30,32,36,42,44H,1-6,8,11-12,15-16,21-26H2,(H,40,43)/t30-,32-,36-,37-,38+,39+/m1/s1. The number of aryl methyl sites for hydroxylation is 1. The molecule has 5 aliphatic carbocycles. The molecule has 0 aromatic heterocycles. The molecule has 2 aliphatic heterocycles. The second-order valence-electron chi connectivity index (χ2n) is 15.2. The monoisotopic (exact) mass is 610 g/mol. The summed E-state index contributed by atoms with van der Waals surface area (Å²) in [6, 6.07) is 14.9. The van der Waals surface area contributed by atoms with Crippen LogP contribution in [0.3, 0.4) is 0 Å². The topological polar surface area (TPSA) is 82.0 Å². The van der Waals surface area contributed by atoms with Crippen molar-refractivity contribution in [2.24, 2.45) is 17.3 Å². The molecule has 1 amide bonds. The van der Waals surface area contributed by atoms with E-state index in [4.69, 9.17) is 4.74 Å². The molecule has 1 saturated heterocycles. The number of unbranched alkanes of at least 4 members (excludes halogenated alkanes) is 7. The van der Waals surface area contributed by atoms with E-state index in [-0.39, 0.29) is 23.1 Å². The van der Waals surface area contributed by atoms with Gasteiger partial charge < -0.3 is 20.3 Å². The van der Waals surface area contributed by atoms with Crippen molar-refractivity contribution in [3.8, 4) is 11.5 Å². The lowest BCUT2D eigenvalue weighted by molar-refractivity contribution is -0.206. The molecule has 4 bridgehead atoms. The van der Waals surface area contributed by atoms with Gasteiger partial charge in [0.1, 0.15) is 11.7 Å². The van der Waals surface area contributed by atoms with Crippen molar-refractivity contribution >= 4 is 5.91 Å². The van der Waals surface area contributed by atoms with E-state index >= 15 is 0 Å². The number of rotatable bonds is 14. The van der Waals surface area contributed by atoms with Crippen LogP contribution in [-0.2, 0) is 23.1 Å². The summed E-state index contributed by atoms with van der Waals surface area (Å²) >= 11 is 0. The molecule has 6 atom stereocenters. The van der Waals surface area contributed by atoms with E-state index in [1.807, 2.05) is 6.08 Å². The number of ether oxygens (including phenoxy) is 1. The van der Waals surface area contributed by atoms with Gasteiger partial charge in [-0.2, -0.15) is 0 Å². The lowest BCUT2D eigenvalue weighted by atomic mass is 9.37. The molecule has 2 heterocycles. The van der Waals surface area contributed by atoms with E-state index in [9.17, 15) is 15.0 Å². The average Bonchev–Trinajstić information content (AvgIpc) is 3.79. The molecule has 2 saturated carbocycles. The zero-order valence-electron chi connectivity index (χ0n) is 26.7. The quantitative estimate of drug-likeness (QED) is 0.175. The Hall–Kier alpha value is -2.83. The first-order chi connectivity index (χ1) is 22.0. The molecule has 2 aromatic rings. The zero-order valence-corrected chi connectivity index (χ0v) is 26.7. The van der Waals surface area contributed by atoms with Crippen LogP contribution in [0.1, 0.15) is 93.7 Å². The number of fused-ring (bicyclic) bond motifs is 1. The van der Waals surface area contributed by atoms with E-state index in [2.05, 4.69) is 52.7 Å². The Kier molecular flexibility index (Phi) is 7.52. The molecule has 2 spiro atoms. The van der Waals surface area contributed by atoms with Gasteiger partial charge >= 0.3 is 0 Å². The smallest absolute Gasteiger partial charge is 0.226 e. The van der Waals surface area contributed by atoms with Crippen LogP contribution in [0.4, 0.5) is 0 Å². The lowest BCUT2D eigenvalue weighted by Gasteiger charge is -2.70. The minimum atomic E-state index is -1.39. The van der Waals surface area contributed by atoms with Gasteiger partial charge in [-0.25, -0.2) is 0 Å². The van der Waals surface area contributed by atoms with Gasteiger partial charge in [-0.1, -0.05) is 87.1 Å². The average molecular weight is 611 g/mol. The fourth-order valence-corrected chi connectivity index (χ4v) is 10.3. The zero-order chi connectivity index (χ0) is 30.6. The fraction of sp³-hybridized carbons (Fsp3) is 0.615. The van der Waals surface area contributed by atoms with E-state index in [0.29, 0.717) is 18.7 Å². The number of carbonyl (C=O) groups excluding carboxylic acids is 1. The van der Waals surface area contributed by atoms with Gasteiger partial charge in [0.05, 0.1) is 11.3 Å². The van der Waals surface area contributed by atoms with Crippen LogP contribution >= 0.6 is 0 Å². The number of likely N-dealkylation sites (tertiary alicyclic amines) is 1. The first-order valence-electron chi connectivity index (χ1n) is 18.0. The summed E-state index contributed by atoms with van der Waals surface area (Å²) in [5, 5.41) is 26.5. The Morgan fingerprint density at radius 2 is 1.71 bits per heavy atom. The first kappa shape index (κ1) is 29.6. The van der Waals surface area contributed by atoms with Crippen LogP contribution in [0.25, 0.3) is 0 Å². The van der Waals surface area contributed by atoms with E-state index in [1.54, 1.807) is 6.07 Å². The molecular formula is C39H50N2O4. The Balaban J connectivity index is 0.884. The number of aromatic hydroxyl groups is 1. The highest BCUT2D eigenvalue weighted by atomic mass is 16.5. The summed E-state index contributed by atoms with van der Waals surface area (Å²) in [4.78, 5) is 16.6. The molecule has 9 rings (SSSR count). The number of aliphatic hydroxyl groups is 1. The molecule has 0 radical (unpaired) electrons. The highest BCUT2D eigenvalue weighted by Gasteiger charge is 2.79. The van der Waals surface area contributed by atoms with Crippen molar-refractivity contribution in [1.82, 2.24) is 10.2 Å². The molecule has 3 fully saturated rings. The Bertz CT molecular complexity index is 1450. The summed E-state index contributed by atoms with van der Waals surface area (Å²) in [5.74, 6) is 0.890. The van der Waals surface area contributed by atoms with Gasteiger partial charge in [-0.15, -0.1) is 0 Å². The van der Waals surface area contributed by atoms with E-state index in [0.717, 1.165) is 50.3 Å². The Labute approximate surface area is 268 Å². The highest BCUT2D eigenvalue weighted by molar-refractivity contribution is 5.82. The van der Waals surface area contributed by atoms with Crippen LogP contribution in [0, 0.1) is 17.3 Å². The van der Waals surface area contributed by atoms with Gasteiger partial charge in [0, 0.05) is 30.1 Å². The van der Waals surface area contributed by atoms with Crippen molar-refractivity contribution in [2.75, 3.05) is 19.6 Å². The van der Waals surface area contributed by atoms with Crippen LogP contribution < -0.4 is 10.1 Å².